The quantitative estimate of drug-likeness (QED) is 0.449. The number of allylic oxidation sites excluding steroid dienone is 1. The number of benzene rings is 1. The van der Waals surface area contributed by atoms with Gasteiger partial charge in [0, 0.05) is 18.4 Å². The molecule has 0 N–H and O–H groups in total. The van der Waals surface area contributed by atoms with E-state index in [9.17, 15) is 4.79 Å². The van der Waals surface area contributed by atoms with Crippen molar-refractivity contribution < 1.29 is 9.53 Å². The highest BCUT2D eigenvalue weighted by atomic mass is 16.6. The Morgan fingerprint density at radius 1 is 1.45 bits per heavy atom. The summed E-state index contributed by atoms with van der Waals surface area (Å²) in [7, 11) is 0. The van der Waals surface area contributed by atoms with Crippen LogP contribution in [-0.4, -0.2) is 17.5 Å². The van der Waals surface area contributed by atoms with Crippen LogP contribution in [0.2, 0.25) is 0 Å². The molecule has 1 aliphatic rings. The van der Waals surface area contributed by atoms with Gasteiger partial charge in [-0.2, -0.15) is 0 Å². The third-order valence-electron chi connectivity index (χ3n) is 3.52. The van der Waals surface area contributed by atoms with E-state index in [1.807, 2.05) is 37.3 Å². The van der Waals surface area contributed by atoms with Crippen LogP contribution in [0.5, 0.6) is 0 Å². The highest BCUT2D eigenvalue weighted by Gasteiger charge is 2.55. The van der Waals surface area contributed by atoms with Gasteiger partial charge >= 0.3 is 0 Å². The number of epoxide rings is 1. The summed E-state index contributed by atoms with van der Waals surface area (Å²) in [4.78, 5) is 11.8. The lowest BCUT2D eigenvalue weighted by molar-refractivity contribution is -0.120. The predicted octanol–water partition coefficient (Wildman–Crippen LogP) is 3.51. The molecule has 0 saturated carbocycles. The lowest BCUT2D eigenvalue weighted by Crippen LogP contribution is -2.17. The predicted molar refractivity (Wildman–Crippen MR) is 80.3 cm³/mol. The van der Waals surface area contributed by atoms with E-state index in [1.54, 1.807) is 6.08 Å². The average Bonchev–Trinajstić information content (AvgIpc) is 3.15. The molecule has 1 fully saturated rings. The minimum Gasteiger partial charge on any atom is -0.358 e. The van der Waals surface area contributed by atoms with Gasteiger partial charge in [-0.25, -0.2) is 0 Å². The molecule has 1 aliphatic heterocycles. The summed E-state index contributed by atoms with van der Waals surface area (Å²) >= 11 is 0. The molecule has 0 spiro atoms. The molecule has 1 aromatic rings. The highest BCUT2D eigenvalue weighted by Crippen LogP contribution is 2.41. The van der Waals surface area contributed by atoms with E-state index in [4.69, 9.17) is 4.74 Å². The summed E-state index contributed by atoms with van der Waals surface area (Å²) in [6.07, 6.45) is 4.33. The maximum atomic E-state index is 11.8. The van der Waals surface area contributed by atoms with E-state index in [0.29, 0.717) is 6.42 Å². The normalized spacial score (nSPS) is 23.6. The van der Waals surface area contributed by atoms with Crippen molar-refractivity contribution in [2.24, 2.45) is 0 Å². The molecule has 1 aromatic carbocycles. The zero-order valence-corrected chi connectivity index (χ0v) is 11.9. The number of ether oxygens (including phenoxy) is 1. The molecule has 104 valence electrons. The monoisotopic (exact) mass is 268 g/mol. The van der Waals surface area contributed by atoms with Crippen LogP contribution in [-0.2, 0) is 9.53 Å². The molecule has 1 saturated heterocycles. The topological polar surface area (TPSA) is 29.6 Å². The van der Waals surface area contributed by atoms with Gasteiger partial charge in [0.2, 0.25) is 0 Å². The van der Waals surface area contributed by atoms with E-state index in [-0.39, 0.29) is 17.5 Å². The van der Waals surface area contributed by atoms with E-state index in [1.165, 1.54) is 0 Å². The van der Waals surface area contributed by atoms with Crippen LogP contribution >= 0.6 is 0 Å². The molecule has 1 heterocycles. The second kappa shape index (κ2) is 6.54. The summed E-state index contributed by atoms with van der Waals surface area (Å²) in [5, 5.41) is 0. The first kappa shape index (κ1) is 14.6. The molecule has 0 aliphatic carbocycles. The first-order valence-corrected chi connectivity index (χ1v) is 7.01. The van der Waals surface area contributed by atoms with E-state index in [2.05, 4.69) is 18.4 Å². The molecular formula is C18H20O2. The lowest BCUT2D eigenvalue weighted by atomic mass is 9.97. The van der Waals surface area contributed by atoms with Crippen LogP contribution in [0.25, 0.3) is 0 Å². The van der Waals surface area contributed by atoms with Crippen LogP contribution in [0.1, 0.15) is 38.2 Å². The van der Waals surface area contributed by atoms with Crippen molar-refractivity contribution in [3.63, 3.8) is 0 Å². The number of carbonyl (C=O) groups excluding carboxylic acids is 1. The summed E-state index contributed by atoms with van der Waals surface area (Å²) < 4.78 is 5.56. The van der Waals surface area contributed by atoms with Gasteiger partial charge in [0.25, 0.3) is 0 Å². The van der Waals surface area contributed by atoms with Crippen LogP contribution in [0.4, 0.5) is 0 Å². The standard InChI is InChI=1S/C18H20O2/c1-3-4-13-16(19)17-18(2,20-17)14-9-8-12-15-10-6-5-7-11-15/h3,5-7,10-11,17H,1,4,9,13-14H2,2H3. The number of ketones is 1. The Hall–Kier alpha value is -1.85. The molecular weight excluding hydrogens is 248 g/mol. The van der Waals surface area contributed by atoms with Gasteiger partial charge in [0.05, 0.1) is 0 Å². The van der Waals surface area contributed by atoms with Crippen LogP contribution in [0.3, 0.4) is 0 Å². The van der Waals surface area contributed by atoms with Crippen LogP contribution < -0.4 is 0 Å². The van der Waals surface area contributed by atoms with Crippen molar-refractivity contribution in [3.05, 3.63) is 48.6 Å². The molecule has 2 rings (SSSR count). The second-order valence-electron chi connectivity index (χ2n) is 5.27. The van der Waals surface area contributed by atoms with Crippen LogP contribution in [0.15, 0.2) is 43.0 Å². The van der Waals surface area contributed by atoms with E-state index in [0.717, 1.165) is 24.8 Å². The third kappa shape index (κ3) is 3.82. The van der Waals surface area contributed by atoms with Crippen molar-refractivity contribution in [2.45, 2.75) is 44.3 Å². The van der Waals surface area contributed by atoms with E-state index >= 15 is 0 Å². The van der Waals surface area contributed by atoms with Crippen LogP contribution in [0, 0.1) is 11.8 Å². The Kier molecular flexibility index (Phi) is 4.76. The second-order valence-corrected chi connectivity index (χ2v) is 5.27. The smallest absolute Gasteiger partial charge is 0.164 e. The maximum absolute atomic E-state index is 11.8. The molecule has 2 heteroatoms. The molecule has 2 nitrogen and oxygen atoms in total. The Morgan fingerprint density at radius 2 is 2.20 bits per heavy atom. The number of hydrogen-bond donors (Lipinski definition) is 0. The van der Waals surface area contributed by atoms with Gasteiger partial charge in [-0.1, -0.05) is 36.1 Å². The van der Waals surface area contributed by atoms with Crippen molar-refractivity contribution in [2.75, 3.05) is 0 Å². The Balaban J connectivity index is 1.77. The van der Waals surface area contributed by atoms with Gasteiger partial charge < -0.3 is 4.74 Å². The van der Waals surface area contributed by atoms with Gasteiger partial charge in [0.1, 0.15) is 11.7 Å². The molecule has 2 unspecified atom stereocenters. The zero-order chi connectivity index (χ0) is 14.4. The molecule has 0 amide bonds. The van der Waals surface area contributed by atoms with Gasteiger partial charge in [-0.05, 0) is 31.9 Å². The number of hydrogen-bond acceptors (Lipinski definition) is 2. The summed E-state index contributed by atoms with van der Waals surface area (Å²) in [6, 6.07) is 9.91. The molecule has 0 aromatic heterocycles. The molecule has 2 atom stereocenters. The fourth-order valence-electron chi connectivity index (χ4n) is 2.20. The number of Topliss-reactive ketones (excluding diaryl/α,β-unsaturated/α-hetero) is 1. The maximum Gasteiger partial charge on any atom is 0.164 e. The highest BCUT2D eigenvalue weighted by molar-refractivity contribution is 5.86. The first-order valence-electron chi connectivity index (χ1n) is 7.01. The van der Waals surface area contributed by atoms with Gasteiger partial charge in [0.15, 0.2) is 5.78 Å². The van der Waals surface area contributed by atoms with Crippen molar-refractivity contribution in [3.8, 4) is 11.8 Å². The minimum atomic E-state index is -0.302. The lowest BCUT2D eigenvalue weighted by Gasteiger charge is -2.01. The van der Waals surface area contributed by atoms with Crippen molar-refractivity contribution in [1.29, 1.82) is 0 Å². The summed E-state index contributed by atoms with van der Waals surface area (Å²) in [6.45, 7) is 5.62. The Labute approximate surface area is 120 Å². The fraction of sp³-hybridized carbons (Fsp3) is 0.389. The fourth-order valence-corrected chi connectivity index (χ4v) is 2.20. The molecule has 20 heavy (non-hydrogen) atoms. The summed E-state index contributed by atoms with van der Waals surface area (Å²) in [5.41, 5.74) is 0.719. The van der Waals surface area contributed by atoms with E-state index < -0.39 is 0 Å². The Bertz CT molecular complexity index is 536. The van der Waals surface area contributed by atoms with Crippen molar-refractivity contribution in [1.82, 2.24) is 0 Å². The molecule has 0 bridgehead atoms. The largest absolute Gasteiger partial charge is 0.358 e. The number of carbonyl (C=O) groups is 1. The van der Waals surface area contributed by atoms with Gasteiger partial charge in [-0.3, -0.25) is 4.79 Å². The first-order chi connectivity index (χ1) is 9.65. The summed E-state index contributed by atoms with van der Waals surface area (Å²) in [5.74, 6) is 6.45. The Morgan fingerprint density at radius 3 is 2.90 bits per heavy atom. The zero-order valence-electron chi connectivity index (χ0n) is 11.9. The van der Waals surface area contributed by atoms with Crippen molar-refractivity contribution >= 4 is 5.78 Å². The minimum absolute atomic E-state index is 0.184. The van der Waals surface area contributed by atoms with Gasteiger partial charge in [-0.15, -0.1) is 6.58 Å². The SMILES string of the molecule is C=CCCC(=O)C1OC1(C)CCC#Cc1ccccc1. The average molecular weight is 268 g/mol. The number of rotatable bonds is 6. The molecule has 0 radical (unpaired) electrons. The third-order valence-corrected chi connectivity index (χ3v) is 3.52.